The minimum absolute atomic E-state index is 0.0852. The number of hydrogen-bond donors (Lipinski definition) is 0. The van der Waals surface area contributed by atoms with E-state index in [1.54, 1.807) is 21.9 Å². The molecule has 1 aromatic carbocycles. The van der Waals surface area contributed by atoms with Gasteiger partial charge in [0.25, 0.3) is 5.91 Å². The van der Waals surface area contributed by atoms with E-state index in [1.807, 2.05) is 0 Å². The van der Waals surface area contributed by atoms with Gasteiger partial charge < -0.3 is 14.5 Å². The van der Waals surface area contributed by atoms with E-state index in [-0.39, 0.29) is 16.7 Å². The van der Waals surface area contributed by atoms with Crippen molar-refractivity contribution in [2.45, 2.75) is 6.18 Å². The van der Waals surface area contributed by atoms with Crippen molar-refractivity contribution in [3.63, 3.8) is 0 Å². The van der Waals surface area contributed by atoms with E-state index >= 15 is 0 Å². The number of amides is 1. The molecule has 6 nitrogen and oxygen atoms in total. The number of alkyl halides is 3. The lowest BCUT2D eigenvalue weighted by molar-refractivity contribution is -0.137. The largest absolute Gasteiger partial charge is 0.465 e. The average molecular weight is 428 g/mol. The van der Waals surface area contributed by atoms with Crippen LogP contribution in [0.3, 0.4) is 0 Å². The van der Waals surface area contributed by atoms with Crippen molar-refractivity contribution in [2.24, 2.45) is 0 Å². The SMILES string of the molecule is COC(=O)c1ccc(C(=O)N2CCN(c3ncc(C(F)(F)F)cc3Cl)CC2)cc1. The first-order valence-electron chi connectivity index (χ1n) is 8.66. The Balaban J connectivity index is 1.64. The van der Waals surface area contributed by atoms with Crippen LogP contribution in [-0.2, 0) is 10.9 Å². The second-order valence-electron chi connectivity index (χ2n) is 6.38. The fourth-order valence-corrected chi connectivity index (χ4v) is 3.27. The van der Waals surface area contributed by atoms with Gasteiger partial charge in [-0.1, -0.05) is 11.6 Å². The van der Waals surface area contributed by atoms with Crippen molar-refractivity contribution in [1.82, 2.24) is 9.88 Å². The third-order valence-corrected chi connectivity index (χ3v) is 4.85. The summed E-state index contributed by atoms with van der Waals surface area (Å²) in [5.41, 5.74) is -0.135. The number of carbonyl (C=O) groups excluding carboxylic acids is 2. The first-order valence-corrected chi connectivity index (χ1v) is 9.04. The Hall–Kier alpha value is -2.81. The monoisotopic (exact) mass is 427 g/mol. The molecule has 154 valence electrons. The molecule has 1 aromatic heterocycles. The molecule has 0 N–H and O–H groups in total. The molecule has 0 unspecified atom stereocenters. The number of esters is 1. The van der Waals surface area contributed by atoms with Crippen LogP contribution in [0, 0.1) is 0 Å². The molecule has 1 fully saturated rings. The van der Waals surface area contributed by atoms with Crippen LogP contribution in [0.1, 0.15) is 26.3 Å². The highest BCUT2D eigenvalue weighted by Gasteiger charge is 2.32. The number of nitrogens with zero attached hydrogens (tertiary/aromatic N) is 3. The van der Waals surface area contributed by atoms with Crippen molar-refractivity contribution < 1.29 is 27.5 Å². The smallest absolute Gasteiger partial charge is 0.417 e. The van der Waals surface area contributed by atoms with Gasteiger partial charge in [0.05, 0.1) is 23.3 Å². The number of halogens is 4. The summed E-state index contributed by atoms with van der Waals surface area (Å²) in [7, 11) is 1.28. The maximum atomic E-state index is 12.8. The van der Waals surface area contributed by atoms with Gasteiger partial charge in [-0.25, -0.2) is 9.78 Å². The quantitative estimate of drug-likeness (QED) is 0.701. The standard InChI is InChI=1S/C19H17ClF3N3O3/c1-29-18(28)13-4-2-12(3-5-13)17(27)26-8-6-25(7-9-26)16-15(20)10-14(11-24-16)19(21,22)23/h2-5,10-11H,6-9H2,1H3. The summed E-state index contributed by atoms with van der Waals surface area (Å²) in [6.07, 6.45) is -3.76. The number of rotatable bonds is 3. The zero-order chi connectivity index (χ0) is 21.2. The molecule has 1 aliphatic heterocycles. The molecule has 0 bridgehead atoms. The van der Waals surface area contributed by atoms with E-state index in [9.17, 15) is 22.8 Å². The van der Waals surface area contributed by atoms with Gasteiger partial charge in [0.15, 0.2) is 0 Å². The molecule has 0 aliphatic carbocycles. The molecule has 0 atom stereocenters. The molecule has 10 heteroatoms. The van der Waals surface area contributed by atoms with E-state index in [1.165, 1.54) is 19.2 Å². The highest BCUT2D eigenvalue weighted by Crippen LogP contribution is 2.33. The predicted octanol–water partition coefficient (Wildman–Crippen LogP) is 3.50. The van der Waals surface area contributed by atoms with Gasteiger partial charge in [-0.2, -0.15) is 13.2 Å². The molecular formula is C19H17ClF3N3O3. The number of methoxy groups -OCH3 is 1. The zero-order valence-corrected chi connectivity index (χ0v) is 16.1. The number of benzene rings is 1. The number of pyridine rings is 1. The van der Waals surface area contributed by atoms with Crippen LogP contribution >= 0.6 is 11.6 Å². The Morgan fingerprint density at radius 3 is 2.17 bits per heavy atom. The van der Waals surface area contributed by atoms with Gasteiger partial charge in [0.2, 0.25) is 0 Å². The summed E-state index contributed by atoms with van der Waals surface area (Å²) in [6, 6.07) is 6.98. The number of carbonyl (C=O) groups is 2. The first-order chi connectivity index (χ1) is 13.7. The number of piperazine rings is 1. The summed E-state index contributed by atoms with van der Waals surface area (Å²) in [5, 5.41) is -0.0852. The fourth-order valence-electron chi connectivity index (χ4n) is 2.99. The Labute approximate surface area is 169 Å². The summed E-state index contributed by atoms with van der Waals surface area (Å²) in [5.74, 6) is -0.430. The van der Waals surface area contributed by atoms with E-state index in [2.05, 4.69) is 9.72 Å². The van der Waals surface area contributed by atoms with Crippen LogP contribution in [-0.4, -0.2) is 55.0 Å². The van der Waals surface area contributed by atoms with Crippen molar-refractivity contribution in [3.8, 4) is 0 Å². The lowest BCUT2D eigenvalue weighted by Crippen LogP contribution is -2.49. The minimum Gasteiger partial charge on any atom is -0.465 e. The Morgan fingerprint density at radius 2 is 1.66 bits per heavy atom. The molecule has 0 radical (unpaired) electrons. The van der Waals surface area contributed by atoms with Crippen molar-refractivity contribution in [1.29, 1.82) is 0 Å². The number of hydrogen-bond acceptors (Lipinski definition) is 5. The van der Waals surface area contributed by atoms with Gasteiger partial charge in [-0.15, -0.1) is 0 Å². The van der Waals surface area contributed by atoms with Crippen LogP contribution in [0.5, 0.6) is 0 Å². The third-order valence-electron chi connectivity index (χ3n) is 4.57. The summed E-state index contributed by atoms with van der Waals surface area (Å²) in [4.78, 5) is 31.3. The zero-order valence-electron chi connectivity index (χ0n) is 15.4. The van der Waals surface area contributed by atoms with Crippen LogP contribution in [0.25, 0.3) is 0 Å². The average Bonchev–Trinajstić information content (AvgIpc) is 2.72. The Kier molecular flexibility index (Phi) is 5.97. The second-order valence-corrected chi connectivity index (χ2v) is 6.78. The van der Waals surface area contributed by atoms with Crippen LogP contribution in [0.4, 0.5) is 19.0 Å². The molecule has 0 saturated carbocycles. The minimum atomic E-state index is -4.51. The van der Waals surface area contributed by atoms with Gasteiger partial charge in [-0.3, -0.25) is 4.79 Å². The van der Waals surface area contributed by atoms with Gasteiger partial charge >= 0.3 is 12.1 Å². The van der Waals surface area contributed by atoms with Gasteiger partial charge in [0, 0.05) is 37.9 Å². The van der Waals surface area contributed by atoms with E-state index in [4.69, 9.17) is 11.6 Å². The highest BCUT2D eigenvalue weighted by molar-refractivity contribution is 6.33. The predicted molar refractivity (Wildman–Crippen MR) is 100 cm³/mol. The van der Waals surface area contributed by atoms with E-state index < -0.39 is 17.7 Å². The van der Waals surface area contributed by atoms with Crippen LogP contribution in [0.15, 0.2) is 36.5 Å². The highest BCUT2D eigenvalue weighted by atomic mass is 35.5. The molecule has 2 heterocycles. The lowest BCUT2D eigenvalue weighted by Gasteiger charge is -2.35. The lowest BCUT2D eigenvalue weighted by atomic mass is 10.1. The summed E-state index contributed by atoms with van der Waals surface area (Å²) >= 11 is 5.99. The van der Waals surface area contributed by atoms with Gasteiger partial charge in [0.1, 0.15) is 5.82 Å². The Morgan fingerprint density at radius 1 is 1.07 bits per heavy atom. The molecule has 1 amide bonds. The number of ether oxygens (including phenoxy) is 1. The molecule has 3 rings (SSSR count). The normalized spacial score (nSPS) is 14.7. The van der Waals surface area contributed by atoms with Crippen LogP contribution in [0.2, 0.25) is 5.02 Å². The molecule has 0 spiro atoms. The maximum absolute atomic E-state index is 12.8. The molecular weight excluding hydrogens is 411 g/mol. The third kappa shape index (κ3) is 4.61. The van der Waals surface area contributed by atoms with Crippen molar-refractivity contribution in [2.75, 3.05) is 38.2 Å². The summed E-state index contributed by atoms with van der Waals surface area (Å²) in [6.45, 7) is 1.47. The molecule has 1 aliphatic rings. The van der Waals surface area contributed by atoms with Gasteiger partial charge in [-0.05, 0) is 30.3 Å². The van der Waals surface area contributed by atoms with Crippen molar-refractivity contribution in [3.05, 3.63) is 58.2 Å². The van der Waals surface area contributed by atoms with Crippen molar-refractivity contribution >= 4 is 29.3 Å². The van der Waals surface area contributed by atoms with E-state index in [0.29, 0.717) is 37.3 Å². The molecule has 2 aromatic rings. The molecule has 1 saturated heterocycles. The fraction of sp³-hybridized carbons (Fsp3) is 0.316. The number of aromatic nitrogens is 1. The second kappa shape index (κ2) is 8.28. The Bertz CT molecular complexity index is 911. The number of anilines is 1. The van der Waals surface area contributed by atoms with Crippen LogP contribution < -0.4 is 4.90 Å². The van der Waals surface area contributed by atoms with E-state index in [0.717, 1.165) is 12.3 Å². The maximum Gasteiger partial charge on any atom is 0.417 e. The molecule has 29 heavy (non-hydrogen) atoms. The topological polar surface area (TPSA) is 62.7 Å². The summed E-state index contributed by atoms with van der Waals surface area (Å²) < 4.78 is 42.9. The first kappa shape index (κ1) is 20.9.